The van der Waals surface area contributed by atoms with Crippen LogP contribution >= 0.6 is 0 Å². The van der Waals surface area contributed by atoms with Crippen LogP contribution in [0.25, 0.3) is 0 Å². The number of hydrogen-bond donors (Lipinski definition) is 2. The van der Waals surface area contributed by atoms with Gasteiger partial charge in [0.25, 0.3) is 0 Å². The van der Waals surface area contributed by atoms with E-state index in [0.29, 0.717) is 17.1 Å². The maximum atomic E-state index is 12.2. The number of rotatable bonds is 4. The molecule has 0 bridgehead atoms. The molecule has 0 unspecified atom stereocenters. The summed E-state index contributed by atoms with van der Waals surface area (Å²) < 4.78 is 0. The summed E-state index contributed by atoms with van der Waals surface area (Å²) in [4.78, 5) is 16.5. The second kappa shape index (κ2) is 7.60. The first-order valence-corrected chi connectivity index (χ1v) is 8.29. The van der Waals surface area contributed by atoms with Crippen LogP contribution in [0, 0.1) is 17.2 Å². The van der Waals surface area contributed by atoms with E-state index < -0.39 is 0 Å². The minimum absolute atomic E-state index is 0.0962. The minimum atomic E-state index is 0.0962. The summed E-state index contributed by atoms with van der Waals surface area (Å²) >= 11 is 0. The van der Waals surface area contributed by atoms with Crippen molar-refractivity contribution in [3.63, 3.8) is 0 Å². The highest BCUT2D eigenvalue weighted by molar-refractivity contribution is 5.92. The topological polar surface area (TPSA) is 77.8 Å². The van der Waals surface area contributed by atoms with Crippen LogP contribution in [0.15, 0.2) is 42.6 Å². The predicted molar refractivity (Wildman–Crippen MR) is 93.9 cm³/mol. The van der Waals surface area contributed by atoms with Crippen LogP contribution < -0.4 is 10.6 Å². The quantitative estimate of drug-likeness (QED) is 0.884. The first kappa shape index (κ1) is 16.0. The Morgan fingerprint density at radius 2 is 1.96 bits per heavy atom. The fourth-order valence-electron chi connectivity index (χ4n) is 2.97. The molecule has 1 heterocycles. The Bertz CT molecular complexity index is 743. The van der Waals surface area contributed by atoms with Crippen LogP contribution in [0.2, 0.25) is 0 Å². The molecular formula is C19H20N4O. The number of anilines is 3. The highest BCUT2D eigenvalue weighted by atomic mass is 16.1. The lowest BCUT2D eigenvalue weighted by Gasteiger charge is -2.20. The number of nitrogens with one attached hydrogen (secondary N) is 2. The number of aromatic nitrogens is 1. The number of carbonyl (C=O) groups excluding carboxylic acids is 1. The van der Waals surface area contributed by atoms with Crippen LogP contribution in [0.4, 0.5) is 17.2 Å². The van der Waals surface area contributed by atoms with Gasteiger partial charge in [-0.3, -0.25) is 4.79 Å². The summed E-state index contributed by atoms with van der Waals surface area (Å²) in [6.45, 7) is 0. The molecule has 0 atom stereocenters. The molecule has 2 aromatic rings. The van der Waals surface area contributed by atoms with Crippen molar-refractivity contribution >= 4 is 23.1 Å². The van der Waals surface area contributed by atoms with Crippen molar-refractivity contribution in [2.24, 2.45) is 5.92 Å². The van der Waals surface area contributed by atoms with Crippen LogP contribution in [0.1, 0.15) is 37.7 Å². The average molecular weight is 320 g/mol. The van der Waals surface area contributed by atoms with Gasteiger partial charge in [-0.1, -0.05) is 25.3 Å². The Balaban J connectivity index is 1.60. The first-order valence-electron chi connectivity index (χ1n) is 8.29. The lowest BCUT2D eigenvalue weighted by Crippen LogP contribution is -2.24. The summed E-state index contributed by atoms with van der Waals surface area (Å²) in [6.07, 6.45) is 7.13. The molecule has 0 radical (unpaired) electrons. The van der Waals surface area contributed by atoms with Crippen molar-refractivity contribution in [3.8, 4) is 6.07 Å². The van der Waals surface area contributed by atoms with Gasteiger partial charge in [0, 0.05) is 11.6 Å². The molecule has 1 aliphatic rings. The van der Waals surface area contributed by atoms with Gasteiger partial charge < -0.3 is 10.6 Å². The molecule has 1 fully saturated rings. The number of pyridine rings is 1. The zero-order valence-corrected chi connectivity index (χ0v) is 13.5. The van der Waals surface area contributed by atoms with Gasteiger partial charge in [0.05, 0.1) is 23.5 Å². The third-order valence-electron chi connectivity index (χ3n) is 4.27. The maximum absolute atomic E-state index is 12.2. The molecule has 24 heavy (non-hydrogen) atoms. The number of benzene rings is 1. The molecule has 1 aromatic carbocycles. The molecule has 1 aromatic heterocycles. The lowest BCUT2D eigenvalue weighted by atomic mass is 9.88. The fraction of sp³-hybridized carbons (Fsp3) is 0.316. The van der Waals surface area contributed by atoms with Gasteiger partial charge in [-0.15, -0.1) is 0 Å². The number of nitriles is 1. The van der Waals surface area contributed by atoms with E-state index in [9.17, 15) is 4.79 Å². The molecule has 1 saturated carbocycles. The van der Waals surface area contributed by atoms with E-state index in [-0.39, 0.29) is 11.8 Å². The molecule has 1 aliphatic carbocycles. The second-order valence-electron chi connectivity index (χ2n) is 6.07. The molecule has 3 rings (SSSR count). The van der Waals surface area contributed by atoms with Crippen molar-refractivity contribution < 1.29 is 4.79 Å². The molecule has 122 valence electrons. The van der Waals surface area contributed by atoms with Crippen molar-refractivity contribution in [1.82, 2.24) is 4.98 Å². The second-order valence-corrected chi connectivity index (χ2v) is 6.07. The molecule has 0 spiro atoms. The molecule has 5 nitrogen and oxygen atoms in total. The van der Waals surface area contributed by atoms with Gasteiger partial charge >= 0.3 is 0 Å². The molecule has 5 heteroatoms. The highest BCUT2D eigenvalue weighted by Gasteiger charge is 2.20. The minimum Gasteiger partial charge on any atom is -0.340 e. The summed E-state index contributed by atoms with van der Waals surface area (Å²) in [7, 11) is 0. The largest absolute Gasteiger partial charge is 0.340 e. The summed E-state index contributed by atoms with van der Waals surface area (Å²) in [6, 6.07) is 13.0. The SMILES string of the molecule is N#Cc1cccc(Nc2ccc(NC(=O)C3CCCCC3)cn2)c1. The van der Waals surface area contributed by atoms with Crippen molar-refractivity contribution in [1.29, 1.82) is 5.26 Å². The van der Waals surface area contributed by atoms with Crippen LogP contribution in [0.5, 0.6) is 0 Å². The van der Waals surface area contributed by atoms with Gasteiger partial charge in [-0.05, 0) is 43.2 Å². The fourth-order valence-corrected chi connectivity index (χ4v) is 2.97. The maximum Gasteiger partial charge on any atom is 0.227 e. The predicted octanol–water partition coefficient (Wildman–Crippen LogP) is 4.22. The number of carbonyl (C=O) groups is 1. The Labute approximate surface area is 141 Å². The Morgan fingerprint density at radius 1 is 1.12 bits per heavy atom. The smallest absolute Gasteiger partial charge is 0.227 e. The van der Waals surface area contributed by atoms with Gasteiger partial charge in [0.15, 0.2) is 0 Å². The molecule has 0 saturated heterocycles. The van der Waals surface area contributed by atoms with E-state index in [1.54, 1.807) is 18.3 Å². The third-order valence-corrected chi connectivity index (χ3v) is 4.27. The van der Waals surface area contributed by atoms with Gasteiger partial charge in [0.1, 0.15) is 5.82 Å². The summed E-state index contributed by atoms with van der Waals surface area (Å²) in [5.41, 5.74) is 2.11. The van der Waals surface area contributed by atoms with Gasteiger partial charge in [-0.25, -0.2) is 4.98 Å². The van der Waals surface area contributed by atoms with Crippen molar-refractivity contribution in [2.75, 3.05) is 10.6 Å². The monoisotopic (exact) mass is 320 g/mol. The molecular weight excluding hydrogens is 300 g/mol. The van der Waals surface area contributed by atoms with E-state index in [0.717, 1.165) is 31.4 Å². The molecule has 1 amide bonds. The standard InChI is InChI=1S/C19H20N4O/c20-12-14-5-4-8-16(11-14)22-18-10-9-17(13-21-18)23-19(24)15-6-2-1-3-7-15/h4-5,8-11,13,15H,1-3,6-7H2,(H,21,22)(H,23,24). The summed E-state index contributed by atoms with van der Waals surface area (Å²) in [5, 5.41) is 15.0. The Morgan fingerprint density at radius 3 is 2.67 bits per heavy atom. The van der Waals surface area contributed by atoms with E-state index >= 15 is 0 Å². The third kappa shape index (κ3) is 4.11. The van der Waals surface area contributed by atoms with Crippen LogP contribution in [-0.4, -0.2) is 10.9 Å². The first-order chi connectivity index (χ1) is 11.7. The van der Waals surface area contributed by atoms with Gasteiger partial charge in [0.2, 0.25) is 5.91 Å². The molecule has 0 aliphatic heterocycles. The van der Waals surface area contributed by atoms with E-state index in [1.807, 2.05) is 24.3 Å². The van der Waals surface area contributed by atoms with E-state index in [2.05, 4.69) is 21.7 Å². The zero-order valence-electron chi connectivity index (χ0n) is 13.5. The summed E-state index contributed by atoms with van der Waals surface area (Å²) in [5.74, 6) is 0.893. The van der Waals surface area contributed by atoms with E-state index in [4.69, 9.17) is 5.26 Å². The highest BCUT2D eigenvalue weighted by Crippen LogP contribution is 2.25. The lowest BCUT2D eigenvalue weighted by molar-refractivity contribution is -0.120. The Hall–Kier alpha value is -2.87. The van der Waals surface area contributed by atoms with Crippen molar-refractivity contribution in [2.45, 2.75) is 32.1 Å². The normalized spacial score (nSPS) is 14.6. The van der Waals surface area contributed by atoms with Crippen LogP contribution in [0.3, 0.4) is 0 Å². The number of amides is 1. The van der Waals surface area contributed by atoms with Crippen molar-refractivity contribution in [3.05, 3.63) is 48.2 Å². The Kier molecular flexibility index (Phi) is 5.07. The van der Waals surface area contributed by atoms with Gasteiger partial charge in [-0.2, -0.15) is 5.26 Å². The number of nitrogens with zero attached hydrogens (tertiary/aromatic N) is 2. The molecule has 2 N–H and O–H groups in total. The van der Waals surface area contributed by atoms with Crippen LogP contribution in [-0.2, 0) is 4.79 Å². The number of hydrogen-bond acceptors (Lipinski definition) is 4. The average Bonchev–Trinajstić information content (AvgIpc) is 2.64. The van der Waals surface area contributed by atoms with E-state index in [1.165, 1.54) is 6.42 Å². The zero-order chi connectivity index (χ0) is 16.8.